The maximum Gasteiger partial charge on any atom is 0.416 e. The van der Waals surface area contributed by atoms with Crippen LogP contribution >= 0.6 is 0 Å². The van der Waals surface area contributed by atoms with Gasteiger partial charge in [-0.2, -0.15) is 26.3 Å². The summed E-state index contributed by atoms with van der Waals surface area (Å²) >= 11 is 0. The minimum absolute atomic E-state index is 0.0328. The van der Waals surface area contributed by atoms with E-state index in [4.69, 9.17) is 0 Å². The van der Waals surface area contributed by atoms with Gasteiger partial charge in [-0.05, 0) is 31.0 Å². The molecule has 1 aliphatic rings. The number of alkyl halides is 6. The number of piperidine rings is 1. The lowest BCUT2D eigenvalue weighted by Gasteiger charge is -2.35. The van der Waals surface area contributed by atoms with Gasteiger partial charge in [-0.25, -0.2) is 0 Å². The first-order valence-corrected chi connectivity index (χ1v) is 6.61. The number of hydrogen-bond acceptors (Lipinski definition) is 2. The van der Waals surface area contributed by atoms with E-state index in [1.807, 2.05) is 0 Å². The summed E-state index contributed by atoms with van der Waals surface area (Å²) in [6, 6.07) is 2.65. The van der Waals surface area contributed by atoms with Crippen molar-refractivity contribution in [2.45, 2.75) is 25.2 Å². The largest absolute Gasteiger partial charge is 0.416 e. The Morgan fingerprint density at radius 2 is 1.64 bits per heavy atom. The van der Waals surface area contributed by atoms with Crippen LogP contribution in [0.3, 0.4) is 0 Å². The van der Waals surface area contributed by atoms with Gasteiger partial charge in [-0.1, -0.05) is 0 Å². The molecule has 0 unspecified atom stereocenters. The molecule has 0 atom stereocenters. The maximum atomic E-state index is 12.7. The molecule has 1 aromatic rings. The van der Waals surface area contributed by atoms with E-state index in [1.54, 1.807) is 0 Å². The van der Waals surface area contributed by atoms with Crippen LogP contribution in [0.15, 0.2) is 18.2 Å². The highest BCUT2D eigenvalue weighted by atomic mass is 19.4. The molecule has 0 aromatic heterocycles. The Kier molecular flexibility index (Phi) is 4.39. The number of hydrogen-bond donors (Lipinski definition) is 0. The van der Waals surface area contributed by atoms with Crippen molar-refractivity contribution in [2.75, 3.05) is 18.0 Å². The molecular formula is C14H13F6NO. The number of aldehydes is 1. The van der Waals surface area contributed by atoms with Gasteiger partial charge in [0.1, 0.15) is 0 Å². The molecule has 0 aliphatic carbocycles. The predicted octanol–water partition coefficient (Wildman–Crippen LogP) is 4.30. The highest BCUT2D eigenvalue weighted by Crippen LogP contribution is 2.37. The number of carbonyl (C=O) groups excluding carboxylic acids is 1. The van der Waals surface area contributed by atoms with Gasteiger partial charge in [0, 0.05) is 24.3 Å². The van der Waals surface area contributed by atoms with Crippen molar-refractivity contribution in [3.8, 4) is 0 Å². The molecule has 2 nitrogen and oxygen atoms in total. The van der Waals surface area contributed by atoms with Crippen molar-refractivity contribution in [3.63, 3.8) is 0 Å². The summed E-state index contributed by atoms with van der Waals surface area (Å²) in [6.07, 6.45) is -8.85. The molecule has 0 spiro atoms. The molecule has 122 valence electrons. The molecular weight excluding hydrogens is 312 g/mol. The lowest BCUT2D eigenvalue weighted by atomic mass is 9.95. The van der Waals surface area contributed by atoms with Crippen molar-refractivity contribution in [1.29, 1.82) is 0 Å². The summed E-state index contributed by atoms with van der Waals surface area (Å²) in [5.74, 6) is -1.45. The van der Waals surface area contributed by atoms with Gasteiger partial charge >= 0.3 is 12.4 Å². The third-order valence-corrected chi connectivity index (χ3v) is 3.78. The van der Waals surface area contributed by atoms with Crippen LogP contribution in [0, 0.1) is 5.92 Å². The smallest absolute Gasteiger partial charge is 0.371 e. The zero-order valence-electron chi connectivity index (χ0n) is 11.3. The molecule has 1 fully saturated rings. The van der Waals surface area contributed by atoms with E-state index in [-0.39, 0.29) is 37.2 Å². The monoisotopic (exact) mass is 325 g/mol. The second-order valence-electron chi connectivity index (χ2n) is 5.19. The third-order valence-electron chi connectivity index (χ3n) is 3.78. The Morgan fingerprint density at radius 3 is 2.09 bits per heavy atom. The zero-order valence-corrected chi connectivity index (χ0v) is 11.3. The molecule has 0 saturated carbocycles. The summed E-state index contributed by atoms with van der Waals surface area (Å²) in [5.41, 5.74) is -0.852. The van der Waals surface area contributed by atoms with Crippen LogP contribution < -0.4 is 4.90 Å². The lowest BCUT2D eigenvalue weighted by molar-refractivity contribution is -0.179. The SMILES string of the molecule is O=Cc1ccc(C(F)(F)F)cc1N1CCC(C(F)(F)F)CC1. The first kappa shape index (κ1) is 16.6. The van der Waals surface area contributed by atoms with Crippen molar-refractivity contribution in [2.24, 2.45) is 5.92 Å². The van der Waals surface area contributed by atoms with Gasteiger partial charge in [0.05, 0.1) is 11.5 Å². The standard InChI is InChI=1S/C14H13F6NO/c15-13(16,17)10-3-5-21(6-4-10)12-7-11(14(18,19)20)2-1-9(12)8-22/h1-2,7-8,10H,3-6H2. The normalized spacial score (nSPS) is 17.6. The lowest BCUT2D eigenvalue weighted by Crippen LogP contribution is -2.39. The second-order valence-corrected chi connectivity index (χ2v) is 5.19. The number of halogens is 6. The summed E-state index contributed by atoms with van der Waals surface area (Å²) in [4.78, 5) is 12.4. The van der Waals surface area contributed by atoms with Gasteiger partial charge in [0.15, 0.2) is 6.29 Å². The summed E-state index contributed by atoms with van der Waals surface area (Å²) in [6.45, 7) is -0.0708. The molecule has 22 heavy (non-hydrogen) atoms. The Hall–Kier alpha value is -1.73. The molecule has 2 rings (SSSR count). The average Bonchev–Trinajstić information content (AvgIpc) is 2.45. The molecule has 0 radical (unpaired) electrons. The average molecular weight is 325 g/mol. The van der Waals surface area contributed by atoms with E-state index < -0.39 is 23.8 Å². The molecule has 0 amide bonds. The van der Waals surface area contributed by atoms with Gasteiger partial charge in [0.25, 0.3) is 0 Å². The van der Waals surface area contributed by atoms with E-state index in [0.717, 1.165) is 18.2 Å². The van der Waals surface area contributed by atoms with Crippen LogP contribution in [0.2, 0.25) is 0 Å². The number of anilines is 1. The third kappa shape index (κ3) is 3.53. The first-order valence-electron chi connectivity index (χ1n) is 6.61. The van der Waals surface area contributed by atoms with Crippen molar-refractivity contribution >= 4 is 12.0 Å². The minimum Gasteiger partial charge on any atom is -0.371 e. The molecule has 1 heterocycles. The number of rotatable bonds is 2. The summed E-state index contributed by atoms with van der Waals surface area (Å²) in [7, 11) is 0. The quantitative estimate of drug-likeness (QED) is 0.597. The summed E-state index contributed by atoms with van der Waals surface area (Å²) < 4.78 is 76.0. The Labute approximate surface area is 122 Å². The Bertz CT molecular complexity index is 543. The van der Waals surface area contributed by atoms with Gasteiger partial charge < -0.3 is 4.90 Å². The number of benzene rings is 1. The van der Waals surface area contributed by atoms with Crippen LogP contribution in [-0.4, -0.2) is 25.6 Å². The van der Waals surface area contributed by atoms with Crippen molar-refractivity contribution in [1.82, 2.24) is 0 Å². The second kappa shape index (κ2) is 5.81. The van der Waals surface area contributed by atoms with E-state index in [2.05, 4.69) is 0 Å². The maximum absolute atomic E-state index is 12.7. The van der Waals surface area contributed by atoms with Gasteiger partial charge in [-0.3, -0.25) is 4.79 Å². The van der Waals surface area contributed by atoms with E-state index >= 15 is 0 Å². The Morgan fingerprint density at radius 1 is 1.05 bits per heavy atom. The fourth-order valence-electron chi connectivity index (χ4n) is 2.54. The molecule has 0 N–H and O–H groups in total. The molecule has 1 aliphatic heterocycles. The van der Waals surface area contributed by atoms with E-state index in [0.29, 0.717) is 6.29 Å². The zero-order chi connectivity index (χ0) is 16.5. The predicted molar refractivity (Wildman–Crippen MR) is 67.8 cm³/mol. The molecule has 8 heteroatoms. The minimum atomic E-state index is -4.57. The van der Waals surface area contributed by atoms with Crippen LogP contribution in [0.5, 0.6) is 0 Å². The van der Waals surface area contributed by atoms with E-state index in [1.165, 1.54) is 4.90 Å². The van der Waals surface area contributed by atoms with Crippen LogP contribution in [0.25, 0.3) is 0 Å². The van der Waals surface area contributed by atoms with Crippen molar-refractivity contribution in [3.05, 3.63) is 29.3 Å². The Balaban J connectivity index is 2.24. The fourth-order valence-corrected chi connectivity index (χ4v) is 2.54. The van der Waals surface area contributed by atoms with Crippen LogP contribution in [-0.2, 0) is 6.18 Å². The fraction of sp³-hybridized carbons (Fsp3) is 0.500. The molecule has 1 aromatic carbocycles. The van der Waals surface area contributed by atoms with Gasteiger partial charge in [0.2, 0.25) is 0 Å². The van der Waals surface area contributed by atoms with E-state index in [9.17, 15) is 31.1 Å². The number of carbonyl (C=O) groups is 1. The molecule has 0 bridgehead atoms. The molecule has 1 saturated heterocycles. The topological polar surface area (TPSA) is 20.3 Å². The van der Waals surface area contributed by atoms with Crippen molar-refractivity contribution < 1.29 is 31.1 Å². The number of nitrogens with zero attached hydrogens (tertiary/aromatic N) is 1. The first-order chi connectivity index (χ1) is 10.1. The summed E-state index contributed by atoms with van der Waals surface area (Å²) in [5, 5.41) is 0. The van der Waals surface area contributed by atoms with Gasteiger partial charge in [-0.15, -0.1) is 0 Å². The highest BCUT2D eigenvalue weighted by molar-refractivity contribution is 5.85. The highest BCUT2D eigenvalue weighted by Gasteiger charge is 2.41. The van der Waals surface area contributed by atoms with Crippen LogP contribution in [0.4, 0.5) is 32.0 Å². The van der Waals surface area contributed by atoms with Crippen LogP contribution in [0.1, 0.15) is 28.8 Å².